The second-order valence-electron chi connectivity index (χ2n) is 10.0. The summed E-state index contributed by atoms with van der Waals surface area (Å²) >= 11 is 0. The molecule has 2 N–H and O–H groups in total. The first-order valence-electron chi connectivity index (χ1n) is 12.5. The average molecular weight is 508 g/mol. The summed E-state index contributed by atoms with van der Waals surface area (Å²) in [5.41, 5.74) is 5.83. The summed E-state index contributed by atoms with van der Waals surface area (Å²) in [6, 6.07) is 27.2. The fraction of sp³-hybridized carbons (Fsp3) is 0.333. The smallest absolute Gasteiger partial charge is 0.115 e. The van der Waals surface area contributed by atoms with E-state index in [1.54, 1.807) is 12.1 Å². The van der Waals surface area contributed by atoms with Crippen molar-refractivity contribution in [3.63, 3.8) is 0 Å². The van der Waals surface area contributed by atoms with E-state index in [1.165, 1.54) is 59.6 Å². The lowest BCUT2D eigenvalue weighted by Gasteiger charge is -2.29. The van der Waals surface area contributed by atoms with Crippen LogP contribution in [0.4, 0.5) is 0 Å². The zero-order valence-corrected chi connectivity index (χ0v) is 22.7. The minimum atomic E-state index is -1.56. The van der Waals surface area contributed by atoms with Crippen molar-refractivity contribution < 1.29 is 10.2 Å². The second-order valence-corrected chi connectivity index (χ2v) is 14.7. The summed E-state index contributed by atoms with van der Waals surface area (Å²) in [5.74, 6) is 0.268. The molecule has 0 atom stereocenters. The molecule has 1 aliphatic heterocycles. The van der Waals surface area contributed by atoms with Gasteiger partial charge in [-0.2, -0.15) is 0 Å². The van der Waals surface area contributed by atoms with Crippen molar-refractivity contribution in [3.8, 4) is 5.75 Å². The Labute approximate surface area is 217 Å². The van der Waals surface area contributed by atoms with Crippen molar-refractivity contribution >= 4 is 36.8 Å². The minimum absolute atomic E-state index is 0. The summed E-state index contributed by atoms with van der Waals surface area (Å²) in [7, 11) is -1.56. The Morgan fingerprint density at radius 2 is 1.37 bits per heavy atom. The third-order valence-electron chi connectivity index (χ3n) is 6.94. The predicted octanol–water partition coefficient (Wildman–Crippen LogP) is 6.10. The molecule has 0 unspecified atom stereocenters. The summed E-state index contributed by atoms with van der Waals surface area (Å²) in [6.45, 7) is 7.61. The standard InChI is InChI=1S/C30H37NO2Si.ClH/c1-34(2,23-31-20-6-7-21-31)28-18-14-26(15-19-28)30(25-12-16-27(33)17-13-25)29(11-8-22-32)24-9-4-3-5-10-24;/h3-5,9-10,12-19,32-33H,6-8,11,20-23H2,1-2H3;1H/b30-29-;. The van der Waals surface area contributed by atoms with Crippen molar-refractivity contribution in [2.24, 2.45) is 0 Å². The SMILES string of the molecule is C[Si](C)(CN1CCCC1)c1ccc(/C(=C(/CCCO)c2ccccc2)c2ccc(O)cc2)cc1.Cl. The van der Waals surface area contributed by atoms with Crippen LogP contribution in [0.25, 0.3) is 11.1 Å². The van der Waals surface area contributed by atoms with Gasteiger partial charge in [-0.15, -0.1) is 12.4 Å². The molecule has 4 rings (SSSR count). The Morgan fingerprint density at radius 3 is 1.94 bits per heavy atom. The van der Waals surface area contributed by atoms with Gasteiger partial charge in [0.25, 0.3) is 0 Å². The number of nitrogens with zero attached hydrogens (tertiary/aromatic N) is 1. The average Bonchev–Trinajstić information content (AvgIpc) is 3.36. The number of hydrogen-bond donors (Lipinski definition) is 2. The molecule has 0 saturated carbocycles. The molecule has 0 spiro atoms. The number of allylic oxidation sites excluding steroid dienone is 1. The Hall–Kier alpha value is -2.37. The van der Waals surface area contributed by atoms with Crippen LogP contribution in [0.3, 0.4) is 0 Å². The molecule has 0 radical (unpaired) electrons. The van der Waals surface area contributed by atoms with Crippen molar-refractivity contribution in [1.82, 2.24) is 4.90 Å². The van der Waals surface area contributed by atoms with E-state index < -0.39 is 8.07 Å². The molecule has 1 heterocycles. The van der Waals surface area contributed by atoms with Crippen LogP contribution in [0.1, 0.15) is 42.4 Å². The normalized spacial score (nSPS) is 14.9. The zero-order valence-electron chi connectivity index (χ0n) is 20.9. The number of hydrogen-bond acceptors (Lipinski definition) is 3. The number of likely N-dealkylation sites (tertiary alicyclic amines) is 1. The highest BCUT2D eigenvalue weighted by atomic mass is 35.5. The van der Waals surface area contributed by atoms with E-state index in [0.717, 1.165) is 12.0 Å². The lowest BCUT2D eigenvalue weighted by Crippen LogP contribution is -2.51. The maximum absolute atomic E-state index is 9.90. The Morgan fingerprint density at radius 1 is 0.800 bits per heavy atom. The molecule has 1 aliphatic rings. The minimum Gasteiger partial charge on any atom is -0.508 e. The highest BCUT2D eigenvalue weighted by Crippen LogP contribution is 2.35. The lowest BCUT2D eigenvalue weighted by molar-refractivity contribution is 0.290. The molecule has 0 bridgehead atoms. The highest BCUT2D eigenvalue weighted by molar-refractivity contribution is 6.90. The Bertz CT molecular complexity index is 1090. The van der Waals surface area contributed by atoms with E-state index in [0.29, 0.717) is 6.42 Å². The largest absolute Gasteiger partial charge is 0.508 e. The number of phenolic OH excluding ortho intramolecular Hbond substituents is 1. The molecule has 5 heteroatoms. The van der Waals surface area contributed by atoms with Gasteiger partial charge in [-0.1, -0.05) is 85.0 Å². The van der Waals surface area contributed by atoms with Crippen LogP contribution >= 0.6 is 12.4 Å². The van der Waals surface area contributed by atoms with Gasteiger partial charge in [0.1, 0.15) is 5.75 Å². The first kappa shape index (κ1) is 27.2. The molecular formula is C30H38ClNO2Si. The van der Waals surface area contributed by atoms with Crippen LogP contribution in [0, 0.1) is 0 Å². The van der Waals surface area contributed by atoms with Crippen LogP contribution < -0.4 is 5.19 Å². The number of aliphatic hydroxyl groups is 1. The second kappa shape index (κ2) is 12.5. The van der Waals surface area contributed by atoms with E-state index in [2.05, 4.69) is 66.5 Å². The maximum Gasteiger partial charge on any atom is 0.115 e. The third kappa shape index (κ3) is 6.86. The Balaban J connectivity index is 0.00000342. The monoisotopic (exact) mass is 507 g/mol. The fourth-order valence-electron chi connectivity index (χ4n) is 5.13. The summed E-state index contributed by atoms with van der Waals surface area (Å²) in [5, 5.41) is 21.0. The Kier molecular flexibility index (Phi) is 9.76. The summed E-state index contributed by atoms with van der Waals surface area (Å²) < 4.78 is 0. The molecule has 186 valence electrons. The van der Waals surface area contributed by atoms with Crippen molar-refractivity contribution in [1.29, 1.82) is 0 Å². The van der Waals surface area contributed by atoms with E-state index in [9.17, 15) is 10.2 Å². The van der Waals surface area contributed by atoms with Gasteiger partial charge in [0, 0.05) is 6.61 Å². The van der Waals surface area contributed by atoms with Crippen molar-refractivity contribution in [2.75, 3.05) is 25.9 Å². The van der Waals surface area contributed by atoms with Gasteiger partial charge in [-0.25, -0.2) is 0 Å². The molecule has 0 aliphatic carbocycles. The van der Waals surface area contributed by atoms with Crippen LogP contribution in [0.15, 0.2) is 78.9 Å². The molecule has 1 saturated heterocycles. The number of halogens is 1. The molecule has 0 amide bonds. The van der Waals surface area contributed by atoms with E-state index in [1.807, 2.05) is 18.2 Å². The molecule has 3 aromatic rings. The van der Waals surface area contributed by atoms with E-state index >= 15 is 0 Å². The van der Waals surface area contributed by atoms with Gasteiger partial charge in [0.2, 0.25) is 0 Å². The molecule has 3 nitrogen and oxygen atoms in total. The lowest BCUT2D eigenvalue weighted by atomic mass is 9.87. The zero-order chi connectivity index (χ0) is 24.0. The van der Waals surface area contributed by atoms with Crippen molar-refractivity contribution in [3.05, 3.63) is 95.6 Å². The van der Waals surface area contributed by atoms with Crippen LogP contribution in [0.5, 0.6) is 5.75 Å². The quantitative estimate of drug-likeness (QED) is 0.272. The van der Waals surface area contributed by atoms with Crippen LogP contribution in [-0.4, -0.2) is 49.1 Å². The molecular weight excluding hydrogens is 470 g/mol. The van der Waals surface area contributed by atoms with Crippen LogP contribution in [0.2, 0.25) is 13.1 Å². The summed E-state index contributed by atoms with van der Waals surface area (Å²) in [6.07, 6.45) is 5.38. The number of phenols is 1. The van der Waals surface area contributed by atoms with Gasteiger partial charge >= 0.3 is 0 Å². The number of aromatic hydroxyl groups is 1. The topological polar surface area (TPSA) is 43.7 Å². The van der Waals surface area contributed by atoms with Crippen LogP contribution in [-0.2, 0) is 0 Å². The molecule has 35 heavy (non-hydrogen) atoms. The van der Waals surface area contributed by atoms with Gasteiger partial charge in [-0.3, -0.25) is 0 Å². The fourth-order valence-corrected chi connectivity index (χ4v) is 7.82. The van der Waals surface area contributed by atoms with Crippen molar-refractivity contribution in [2.45, 2.75) is 38.8 Å². The van der Waals surface area contributed by atoms with Gasteiger partial charge in [-0.05, 0) is 84.9 Å². The number of aliphatic hydroxyl groups excluding tert-OH is 1. The summed E-state index contributed by atoms with van der Waals surface area (Å²) in [4.78, 5) is 2.64. The number of rotatable bonds is 9. The predicted molar refractivity (Wildman–Crippen MR) is 153 cm³/mol. The molecule has 3 aromatic carbocycles. The number of benzene rings is 3. The maximum atomic E-state index is 9.90. The van der Waals surface area contributed by atoms with E-state index in [4.69, 9.17) is 0 Å². The molecule has 1 fully saturated rings. The first-order valence-corrected chi connectivity index (χ1v) is 15.7. The van der Waals surface area contributed by atoms with Gasteiger partial charge in [0.05, 0.1) is 8.07 Å². The molecule has 0 aromatic heterocycles. The van der Waals surface area contributed by atoms with E-state index in [-0.39, 0.29) is 24.8 Å². The third-order valence-corrected chi connectivity index (χ3v) is 10.1. The highest BCUT2D eigenvalue weighted by Gasteiger charge is 2.28. The van der Waals surface area contributed by atoms with Gasteiger partial charge in [0.15, 0.2) is 0 Å². The first-order chi connectivity index (χ1) is 16.5. The van der Waals surface area contributed by atoms with Gasteiger partial charge < -0.3 is 15.1 Å².